The topological polar surface area (TPSA) is 21.3 Å². The molecule has 1 aliphatic carbocycles. The van der Waals surface area contributed by atoms with Crippen molar-refractivity contribution in [2.75, 3.05) is 13.2 Å². The van der Waals surface area contributed by atoms with Crippen molar-refractivity contribution < 1.29 is 4.74 Å². The molecular weight excluding hydrogens is 246 g/mol. The Bertz CT molecular complexity index is 427. The highest BCUT2D eigenvalue weighted by molar-refractivity contribution is 6.30. The van der Waals surface area contributed by atoms with Crippen molar-refractivity contribution in [3.63, 3.8) is 0 Å². The van der Waals surface area contributed by atoms with E-state index in [9.17, 15) is 0 Å². The molecule has 1 heterocycles. The Hall–Kier alpha value is -0.730. The fourth-order valence-corrected chi connectivity index (χ4v) is 3.37. The van der Waals surface area contributed by atoms with Gasteiger partial charge in [-0.15, -0.1) is 0 Å². The molecule has 0 amide bonds. The molecule has 2 nitrogen and oxygen atoms in total. The first kappa shape index (κ1) is 12.3. The van der Waals surface area contributed by atoms with Crippen LogP contribution in [0.25, 0.3) is 0 Å². The van der Waals surface area contributed by atoms with E-state index in [-0.39, 0.29) is 0 Å². The molecular formula is C15H20ClNO. The third-order valence-electron chi connectivity index (χ3n) is 4.05. The quantitative estimate of drug-likeness (QED) is 0.899. The molecule has 0 spiro atoms. The second kappa shape index (κ2) is 5.50. The van der Waals surface area contributed by atoms with Crippen molar-refractivity contribution >= 4 is 11.6 Å². The summed E-state index contributed by atoms with van der Waals surface area (Å²) in [5, 5.41) is 4.39. The molecule has 0 unspecified atom stereocenters. The van der Waals surface area contributed by atoms with Crippen LogP contribution in [-0.4, -0.2) is 13.2 Å². The zero-order chi connectivity index (χ0) is 12.4. The van der Waals surface area contributed by atoms with Crippen LogP contribution in [0.15, 0.2) is 12.1 Å². The van der Waals surface area contributed by atoms with Crippen molar-refractivity contribution in [3.05, 3.63) is 28.3 Å². The third kappa shape index (κ3) is 2.65. The number of hydrogen-bond acceptors (Lipinski definition) is 2. The summed E-state index contributed by atoms with van der Waals surface area (Å²) in [6.07, 6.45) is 6.57. The van der Waals surface area contributed by atoms with Gasteiger partial charge in [-0.25, -0.2) is 0 Å². The molecule has 2 aliphatic rings. The van der Waals surface area contributed by atoms with Crippen LogP contribution in [0, 0.1) is 5.92 Å². The number of halogens is 1. The molecule has 1 aromatic carbocycles. The summed E-state index contributed by atoms with van der Waals surface area (Å²) in [5.74, 6) is 1.94. The van der Waals surface area contributed by atoms with Crippen LogP contribution in [0.4, 0.5) is 0 Å². The van der Waals surface area contributed by atoms with Crippen LogP contribution in [0.3, 0.4) is 0 Å². The molecule has 1 fully saturated rings. The van der Waals surface area contributed by atoms with Gasteiger partial charge < -0.3 is 10.1 Å². The highest BCUT2D eigenvalue weighted by Gasteiger charge is 2.18. The molecule has 3 heteroatoms. The number of hydrogen-bond donors (Lipinski definition) is 1. The molecule has 0 radical (unpaired) electrons. The van der Waals surface area contributed by atoms with Gasteiger partial charge in [0.2, 0.25) is 0 Å². The Morgan fingerprint density at radius 1 is 1.28 bits per heavy atom. The molecule has 1 saturated carbocycles. The Morgan fingerprint density at radius 2 is 2.11 bits per heavy atom. The van der Waals surface area contributed by atoms with E-state index in [1.54, 1.807) is 0 Å². The zero-order valence-corrected chi connectivity index (χ0v) is 11.4. The average Bonchev–Trinajstić information content (AvgIpc) is 2.98. The Labute approximate surface area is 114 Å². The van der Waals surface area contributed by atoms with Gasteiger partial charge in [-0.3, -0.25) is 0 Å². The van der Waals surface area contributed by atoms with Crippen LogP contribution >= 0.6 is 11.6 Å². The van der Waals surface area contributed by atoms with E-state index in [1.807, 2.05) is 12.1 Å². The Kier molecular flexibility index (Phi) is 3.76. The summed E-state index contributed by atoms with van der Waals surface area (Å²) in [6.45, 7) is 2.80. The largest absolute Gasteiger partial charge is 0.493 e. The lowest BCUT2D eigenvalue weighted by Crippen LogP contribution is -2.21. The molecule has 18 heavy (non-hydrogen) atoms. The Morgan fingerprint density at radius 3 is 2.94 bits per heavy atom. The van der Waals surface area contributed by atoms with E-state index in [4.69, 9.17) is 16.3 Å². The molecule has 1 N–H and O–H groups in total. The summed E-state index contributed by atoms with van der Waals surface area (Å²) < 4.78 is 5.71. The average molecular weight is 266 g/mol. The molecule has 0 atom stereocenters. The van der Waals surface area contributed by atoms with Gasteiger partial charge in [0.1, 0.15) is 5.75 Å². The molecule has 3 rings (SSSR count). The lowest BCUT2D eigenvalue weighted by molar-refractivity contribution is 0.351. The number of fused-ring (bicyclic) bond motifs is 1. The number of ether oxygens (including phenoxy) is 1. The van der Waals surface area contributed by atoms with Crippen molar-refractivity contribution in [2.45, 2.75) is 38.6 Å². The maximum absolute atomic E-state index is 6.15. The maximum Gasteiger partial charge on any atom is 0.127 e. The fraction of sp³-hybridized carbons (Fsp3) is 0.600. The Balaban J connectivity index is 1.61. The summed E-state index contributed by atoms with van der Waals surface area (Å²) in [6, 6.07) is 4.07. The highest BCUT2D eigenvalue weighted by atomic mass is 35.5. The minimum atomic E-state index is 0.797. The number of nitrogens with one attached hydrogen (secondary N) is 1. The molecule has 0 bridgehead atoms. The summed E-state index contributed by atoms with van der Waals surface area (Å²) in [7, 11) is 0. The van der Waals surface area contributed by atoms with E-state index in [1.165, 1.54) is 36.8 Å². The molecule has 1 aliphatic heterocycles. The first-order valence-electron chi connectivity index (χ1n) is 6.98. The first-order chi connectivity index (χ1) is 8.83. The second-order valence-corrected chi connectivity index (χ2v) is 5.87. The standard InChI is InChI=1S/C15H20ClNO/c16-14-7-12-5-6-18-15(12)13(8-14)10-17-9-11-3-1-2-4-11/h7-8,11,17H,1-6,9-10H2. The first-order valence-corrected chi connectivity index (χ1v) is 7.35. The van der Waals surface area contributed by atoms with Crippen LogP contribution < -0.4 is 10.1 Å². The normalized spacial score (nSPS) is 18.9. The van der Waals surface area contributed by atoms with Gasteiger partial charge in [0.25, 0.3) is 0 Å². The SMILES string of the molecule is Clc1cc2c(c(CNCC3CCCC3)c1)OCC2. The van der Waals surface area contributed by atoms with E-state index >= 15 is 0 Å². The summed E-state index contributed by atoms with van der Waals surface area (Å²) in [5.41, 5.74) is 2.48. The molecule has 98 valence electrons. The van der Waals surface area contributed by atoms with Crippen molar-refractivity contribution in [1.29, 1.82) is 0 Å². The van der Waals surface area contributed by atoms with Gasteiger partial charge in [0.15, 0.2) is 0 Å². The van der Waals surface area contributed by atoms with Gasteiger partial charge in [-0.05, 0) is 43.0 Å². The minimum Gasteiger partial charge on any atom is -0.493 e. The van der Waals surface area contributed by atoms with Gasteiger partial charge in [0.05, 0.1) is 6.61 Å². The smallest absolute Gasteiger partial charge is 0.127 e. The number of rotatable bonds is 4. The second-order valence-electron chi connectivity index (χ2n) is 5.43. The van der Waals surface area contributed by atoms with E-state index < -0.39 is 0 Å². The fourth-order valence-electron chi connectivity index (χ4n) is 3.10. The monoisotopic (exact) mass is 265 g/mol. The van der Waals surface area contributed by atoms with Gasteiger partial charge >= 0.3 is 0 Å². The molecule has 1 aromatic rings. The maximum atomic E-state index is 6.15. The lowest BCUT2D eigenvalue weighted by atomic mass is 10.1. The summed E-state index contributed by atoms with van der Waals surface area (Å²) in [4.78, 5) is 0. The van der Waals surface area contributed by atoms with Crippen molar-refractivity contribution in [2.24, 2.45) is 5.92 Å². The van der Waals surface area contributed by atoms with E-state index in [0.29, 0.717) is 0 Å². The van der Waals surface area contributed by atoms with Gasteiger partial charge in [0, 0.05) is 23.6 Å². The van der Waals surface area contributed by atoms with Crippen LogP contribution in [0.1, 0.15) is 36.8 Å². The highest BCUT2D eigenvalue weighted by Crippen LogP contribution is 2.33. The van der Waals surface area contributed by atoms with Crippen molar-refractivity contribution in [1.82, 2.24) is 5.32 Å². The molecule has 0 saturated heterocycles. The van der Waals surface area contributed by atoms with Crippen LogP contribution in [-0.2, 0) is 13.0 Å². The van der Waals surface area contributed by atoms with Crippen molar-refractivity contribution in [3.8, 4) is 5.75 Å². The lowest BCUT2D eigenvalue weighted by Gasteiger charge is -2.13. The predicted molar refractivity (Wildman–Crippen MR) is 74.3 cm³/mol. The van der Waals surface area contributed by atoms with Gasteiger partial charge in [-0.2, -0.15) is 0 Å². The zero-order valence-electron chi connectivity index (χ0n) is 10.7. The third-order valence-corrected chi connectivity index (χ3v) is 4.27. The minimum absolute atomic E-state index is 0.797. The predicted octanol–water partition coefficient (Wildman–Crippen LogP) is 3.55. The number of benzene rings is 1. The van der Waals surface area contributed by atoms with E-state index in [2.05, 4.69) is 5.32 Å². The van der Waals surface area contributed by atoms with Crippen LogP contribution in [0.5, 0.6) is 5.75 Å². The summed E-state index contributed by atoms with van der Waals surface area (Å²) >= 11 is 6.15. The van der Waals surface area contributed by atoms with Crippen LogP contribution in [0.2, 0.25) is 5.02 Å². The van der Waals surface area contributed by atoms with Gasteiger partial charge in [-0.1, -0.05) is 24.4 Å². The molecule has 0 aromatic heterocycles. The van der Waals surface area contributed by atoms with E-state index in [0.717, 1.165) is 42.8 Å².